The lowest BCUT2D eigenvalue weighted by molar-refractivity contribution is 0.0752. The SMILES string of the molecule is CCN(Cc1ccccc1Cl)C(=O)c1ccoc1Cl. The smallest absolute Gasteiger partial charge is 0.259 e. The fourth-order valence-electron chi connectivity index (χ4n) is 1.78. The third-order valence-corrected chi connectivity index (χ3v) is 3.50. The van der Waals surface area contributed by atoms with E-state index in [0.717, 1.165) is 5.56 Å². The van der Waals surface area contributed by atoms with E-state index in [-0.39, 0.29) is 11.1 Å². The minimum atomic E-state index is -0.166. The Morgan fingerprint density at radius 2 is 2.00 bits per heavy atom. The molecule has 5 heteroatoms. The van der Waals surface area contributed by atoms with E-state index in [1.165, 1.54) is 6.26 Å². The van der Waals surface area contributed by atoms with Crippen molar-refractivity contribution in [3.8, 4) is 0 Å². The molecule has 0 aliphatic carbocycles. The van der Waals surface area contributed by atoms with Crippen LogP contribution in [0.3, 0.4) is 0 Å². The van der Waals surface area contributed by atoms with Crippen molar-refractivity contribution in [1.82, 2.24) is 4.90 Å². The molecule has 1 aromatic carbocycles. The lowest BCUT2D eigenvalue weighted by atomic mass is 10.2. The summed E-state index contributed by atoms with van der Waals surface area (Å²) in [5.74, 6) is -0.166. The van der Waals surface area contributed by atoms with Gasteiger partial charge in [0.2, 0.25) is 5.22 Å². The van der Waals surface area contributed by atoms with Crippen LogP contribution in [-0.4, -0.2) is 17.4 Å². The number of carbonyl (C=O) groups is 1. The van der Waals surface area contributed by atoms with Gasteiger partial charge in [0, 0.05) is 18.1 Å². The van der Waals surface area contributed by atoms with Crippen molar-refractivity contribution >= 4 is 29.1 Å². The number of hydrogen-bond donors (Lipinski definition) is 0. The molecule has 0 aliphatic heterocycles. The summed E-state index contributed by atoms with van der Waals surface area (Å²) in [5, 5.41) is 0.759. The van der Waals surface area contributed by atoms with E-state index in [1.54, 1.807) is 17.0 Å². The lowest BCUT2D eigenvalue weighted by Crippen LogP contribution is -2.30. The highest BCUT2D eigenvalue weighted by Gasteiger charge is 2.19. The van der Waals surface area contributed by atoms with Gasteiger partial charge >= 0.3 is 0 Å². The number of rotatable bonds is 4. The van der Waals surface area contributed by atoms with Gasteiger partial charge in [-0.3, -0.25) is 4.79 Å². The molecule has 100 valence electrons. The van der Waals surface area contributed by atoms with Gasteiger partial charge in [-0.2, -0.15) is 0 Å². The number of nitrogens with zero attached hydrogens (tertiary/aromatic N) is 1. The van der Waals surface area contributed by atoms with Gasteiger partial charge in [-0.15, -0.1) is 0 Å². The third kappa shape index (κ3) is 3.11. The van der Waals surface area contributed by atoms with Crippen LogP contribution in [0.5, 0.6) is 0 Å². The van der Waals surface area contributed by atoms with E-state index in [1.807, 2.05) is 25.1 Å². The Balaban J connectivity index is 2.20. The Labute approximate surface area is 121 Å². The molecule has 1 heterocycles. The largest absolute Gasteiger partial charge is 0.452 e. The fraction of sp³-hybridized carbons (Fsp3) is 0.214. The molecule has 0 radical (unpaired) electrons. The average Bonchev–Trinajstić information content (AvgIpc) is 2.83. The molecule has 0 fully saturated rings. The van der Waals surface area contributed by atoms with Crippen LogP contribution in [0.15, 0.2) is 41.0 Å². The molecule has 1 amide bonds. The van der Waals surface area contributed by atoms with Crippen LogP contribution in [0.1, 0.15) is 22.8 Å². The molecule has 0 unspecified atom stereocenters. The zero-order valence-electron chi connectivity index (χ0n) is 10.4. The van der Waals surface area contributed by atoms with Crippen LogP contribution in [0.25, 0.3) is 0 Å². The van der Waals surface area contributed by atoms with E-state index < -0.39 is 0 Å². The highest BCUT2D eigenvalue weighted by Crippen LogP contribution is 2.22. The summed E-state index contributed by atoms with van der Waals surface area (Å²) in [6.45, 7) is 2.91. The van der Waals surface area contributed by atoms with Gasteiger partial charge in [0.1, 0.15) is 0 Å². The van der Waals surface area contributed by atoms with Crippen molar-refractivity contribution in [1.29, 1.82) is 0 Å². The fourth-order valence-corrected chi connectivity index (χ4v) is 2.17. The molecule has 0 atom stereocenters. The van der Waals surface area contributed by atoms with Gasteiger partial charge in [-0.05, 0) is 36.2 Å². The van der Waals surface area contributed by atoms with Crippen LogP contribution in [0.4, 0.5) is 0 Å². The molecule has 3 nitrogen and oxygen atoms in total. The van der Waals surface area contributed by atoms with Crippen LogP contribution in [0, 0.1) is 0 Å². The van der Waals surface area contributed by atoms with E-state index in [2.05, 4.69) is 0 Å². The van der Waals surface area contributed by atoms with Gasteiger partial charge in [-0.1, -0.05) is 29.8 Å². The average molecular weight is 298 g/mol. The zero-order valence-corrected chi connectivity index (χ0v) is 11.9. The van der Waals surface area contributed by atoms with Crippen LogP contribution in [0.2, 0.25) is 10.2 Å². The van der Waals surface area contributed by atoms with Crippen molar-refractivity contribution in [3.05, 3.63) is 58.0 Å². The topological polar surface area (TPSA) is 33.5 Å². The highest BCUT2D eigenvalue weighted by atomic mass is 35.5. The molecule has 2 rings (SSSR count). The summed E-state index contributed by atoms with van der Waals surface area (Å²) in [6.07, 6.45) is 1.40. The van der Waals surface area contributed by atoms with Gasteiger partial charge < -0.3 is 9.32 Å². The van der Waals surface area contributed by atoms with Crippen molar-refractivity contribution in [2.75, 3.05) is 6.54 Å². The molecule has 1 aromatic heterocycles. The first-order valence-electron chi connectivity index (χ1n) is 5.89. The Morgan fingerprint density at radius 3 is 2.58 bits per heavy atom. The van der Waals surface area contributed by atoms with Gasteiger partial charge in [0.25, 0.3) is 5.91 Å². The van der Waals surface area contributed by atoms with Crippen molar-refractivity contribution in [2.45, 2.75) is 13.5 Å². The van der Waals surface area contributed by atoms with Crippen molar-refractivity contribution in [3.63, 3.8) is 0 Å². The quantitative estimate of drug-likeness (QED) is 0.845. The second kappa shape index (κ2) is 6.13. The third-order valence-electron chi connectivity index (χ3n) is 2.84. The van der Waals surface area contributed by atoms with Crippen molar-refractivity contribution in [2.24, 2.45) is 0 Å². The number of benzene rings is 1. The molecule has 19 heavy (non-hydrogen) atoms. The summed E-state index contributed by atoms with van der Waals surface area (Å²) in [5.41, 5.74) is 1.27. The van der Waals surface area contributed by atoms with Crippen LogP contribution < -0.4 is 0 Å². The van der Waals surface area contributed by atoms with E-state index in [9.17, 15) is 4.79 Å². The van der Waals surface area contributed by atoms with Crippen LogP contribution >= 0.6 is 23.2 Å². The first kappa shape index (κ1) is 14.0. The molecule has 0 saturated heterocycles. The number of halogens is 2. The molecule has 0 saturated carbocycles. The number of carbonyl (C=O) groups excluding carboxylic acids is 1. The molecular formula is C14H13Cl2NO2. The van der Waals surface area contributed by atoms with Gasteiger partial charge in [0.15, 0.2) is 0 Å². The Hall–Kier alpha value is -1.45. The maximum Gasteiger partial charge on any atom is 0.259 e. The van der Waals surface area contributed by atoms with Gasteiger partial charge in [-0.25, -0.2) is 0 Å². The summed E-state index contributed by atoms with van der Waals surface area (Å²) in [6, 6.07) is 9.02. The van der Waals surface area contributed by atoms with Crippen molar-refractivity contribution < 1.29 is 9.21 Å². The predicted octanol–water partition coefficient (Wildman–Crippen LogP) is 4.25. The Kier molecular flexibility index (Phi) is 4.51. The summed E-state index contributed by atoms with van der Waals surface area (Å²) in [4.78, 5) is 14.0. The Bertz CT molecular complexity index is 580. The molecule has 0 bridgehead atoms. The Morgan fingerprint density at radius 1 is 1.26 bits per heavy atom. The second-order valence-corrected chi connectivity index (χ2v) is 4.77. The normalized spacial score (nSPS) is 10.5. The molecule has 0 aliphatic rings. The highest BCUT2D eigenvalue weighted by molar-refractivity contribution is 6.32. The van der Waals surface area contributed by atoms with Crippen LogP contribution in [-0.2, 0) is 6.54 Å². The summed E-state index contributed by atoms with van der Waals surface area (Å²) < 4.78 is 4.95. The lowest BCUT2D eigenvalue weighted by Gasteiger charge is -2.21. The minimum absolute atomic E-state index is 0.114. The first-order chi connectivity index (χ1) is 9.13. The molecular weight excluding hydrogens is 285 g/mol. The maximum absolute atomic E-state index is 12.3. The minimum Gasteiger partial charge on any atom is -0.452 e. The molecule has 0 spiro atoms. The molecule has 0 N–H and O–H groups in total. The maximum atomic E-state index is 12.3. The van der Waals surface area contributed by atoms with E-state index >= 15 is 0 Å². The van der Waals surface area contributed by atoms with E-state index in [0.29, 0.717) is 23.7 Å². The number of furan rings is 1. The number of amides is 1. The monoisotopic (exact) mass is 297 g/mol. The summed E-state index contributed by atoms with van der Waals surface area (Å²) >= 11 is 11.9. The zero-order chi connectivity index (χ0) is 13.8. The standard InChI is InChI=1S/C14H13Cl2NO2/c1-2-17(9-10-5-3-4-6-12(10)15)14(18)11-7-8-19-13(11)16/h3-8H,2,9H2,1H3. The van der Waals surface area contributed by atoms with Gasteiger partial charge in [0.05, 0.1) is 11.8 Å². The predicted molar refractivity (Wildman–Crippen MR) is 75.6 cm³/mol. The first-order valence-corrected chi connectivity index (χ1v) is 6.64. The summed E-state index contributed by atoms with van der Waals surface area (Å²) in [7, 11) is 0. The van der Waals surface area contributed by atoms with E-state index in [4.69, 9.17) is 27.6 Å². The number of hydrogen-bond acceptors (Lipinski definition) is 2. The second-order valence-electron chi connectivity index (χ2n) is 4.02. The molecule has 2 aromatic rings.